The highest BCUT2D eigenvalue weighted by Crippen LogP contribution is 2.45. The lowest BCUT2D eigenvalue weighted by molar-refractivity contribution is 1.22. The molecule has 0 bridgehead atoms. The van der Waals surface area contributed by atoms with Gasteiger partial charge in [0.25, 0.3) is 0 Å². The van der Waals surface area contributed by atoms with Gasteiger partial charge in [-0.1, -0.05) is 109 Å². The zero-order chi connectivity index (χ0) is 30.3. The molecule has 0 saturated carbocycles. The summed E-state index contributed by atoms with van der Waals surface area (Å²) in [6.45, 7) is 0. The summed E-state index contributed by atoms with van der Waals surface area (Å²) in [4.78, 5) is 6.99. The normalized spacial score (nSPS) is 10.7. The van der Waals surface area contributed by atoms with Crippen LogP contribution in [-0.2, 0) is 0 Å². The SMILES string of the molecule is c1ccc(N(c2ccccc2)c2cc(N(c3ccccc3)c3ccccc3)cc(N(c3ccccc3)c3ccccc3)c2)cc1. The van der Waals surface area contributed by atoms with Gasteiger partial charge in [-0.3, -0.25) is 0 Å². The summed E-state index contributed by atoms with van der Waals surface area (Å²) in [5.41, 5.74) is 9.67. The van der Waals surface area contributed by atoms with Crippen LogP contribution in [0.15, 0.2) is 200 Å². The first-order valence-corrected chi connectivity index (χ1v) is 15.2. The van der Waals surface area contributed by atoms with E-state index in [1.807, 2.05) is 0 Å². The first-order valence-electron chi connectivity index (χ1n) is 15.2. The number of para-hydroxylation sites is 6. The Morgan fingerprint density at radius 2 is 0.333 bits per heavy atom. The Morgan fingerprint density at radius 1 is 0.178 bits per heavy atom. The Morgan fingerprint density at radius 3 is 0.489 bits per heavy atom. The lowest BCUT2D eigenvalue weighted by atomic mass is 10.1. The Bertz CT molecular complexity index is 1570. The Hall–Kier alpha value is -6.06. The van der Waals surface area contributed by atoms with Crippen LogP contribution in [0.4, 0.5) is 51.2 Å². The maximum absolute atomic E-state index is 2.33. The molecule has 0 amide bonds. The summed E-state index contributed by atoms with van der Waals surface area (Å²) in [6, 6.07) is 70.3. The smallest absolute Gasteiger partial charge is 0.0503 e. The third-order valence-corrected chi connectivity index (χ3v) is 7.75. The van der Waals surface area contributed by atoms with Crippen LogP contribution in [0.2, 0.25) is 0 Å². The van der Waals surface area contributed by atoms with Crippen molar-refractivity contribution in [1.82, 2.24) is 0 Å². The molecule has 0 aliphatic rings. The van der Waals surface area contributed by atoms with Gasteiger partial charge in [0.15, 0.2) is 0 Å². The molecular weight excluding hydrogens is 546 g/mol. The number of hydrogen-bond acceptors (Lipinski definition) is 3. The second-order valence-corrected chi connectivity index (χ2v) is 10.7. The van der Waals surface area contributed by atoms with Gasteiger partial charge in [0.2, 0.25) is 0 Å². The number of anilines is 9. The van der Waals surface area contributed by atoms with Crippen molar-refractivity contribution in [3.8, 4) is 0 Å². The van der Waals surface area contributed by atoms with Crippen LogP contribution in [0.5, 0.6) is 0 Å². The van der Waals surface area contributed by atoms with Gasteiger partial charge in [0.05, 0.1) is 17.1 Å². The quantitative estimate of drug-likeness (QED) is 0.168. The average molecular weight is 580 g/mol. The van der Waals surface area contributed by atoms with Crippen molar-refractivity contribution in [3.63, 3.8) is 0 Å². The average Bonchev–Trinajstić information content (AvgIpc) is 3.12. The fraction of sp³-hybridized carbons (Fsp3) is 0. The molecule has 0 aliphatic heterocycles. The zero-order valence-corrected chi connectivity index (χ0v) is 24.9. The molecule has 0 spiro atoms. The van der Waals surface area contributed by atoms with Gasteiger partial charge < -0.3 is 14.7 Å². The minimum Gasteiger partial charge on any atom is -0.310 e. The second kappa shape index (κ2) is 13.1. The summed E-state index contributed by atoms with van der Waals surface area (Å²) < 4.78 is 0. The number of hydrogen-bond donors (Lipinski definition) is 0. The summed E-state index contributed by atoms with van der Waals surface area (Å²) in [5.74, 6) is 0. The molecule has 7 aromatic carbocycles. The molecule has 7 rings (SSSR count). The molecule has 0 aliphatic carbocycles. The molecule has 45 heavy (non-hydrogen) atoms. The summed E-state index contributed by atoms with van der Waals surface area (Å²) in [7, 11) is 0. The highest BCUT2D eigenvalue weighted by molar-refractivity contribution is 5.89. The maximum atomic E-state index is 2.33. The number of nitrogens with zero attached hydrogens (tertiary/aromatic N) is 3. The third-order valence-electron chi connectivity index (χ3n) is 7.75. The van der Waals surface area contributed by atoms with E-state index < -0.39 is 0 Å². The van der Waals surface area contributed by atoms with Crippen LogP contribution < -0.4 is 14.7 Å². The van der Waals surface area contributed by atoms with Crippen LogP contribution >= 0.6 is 0 Å². The van der Waals surface area contributed by atoms with Gasteiger partial charge >= 0.3 is 0 Å². The first kappa shape index (κ1) is 27.8. The predicted octanol–water partition coefficient (Wildman–Crippen LogP) is 12.1. The molecule has 216 valence electrons. The molecule has 0 heterocycles. The van der Waals surface area contributed by atoms with E-state index in [0.29, 0.717) is 0 Å². The fourth-order valence-corrected chi connectivity index (χ4v) is 5.77. The topological polar surface area (TPSA) is 9.72 Å². The van der Waals surface area contributed by atoms with Crippen LogP contribution in [0.1, 0.15) is 0 Å². The molecule has 0 unspecified atom stereocenters. The van der Waals surface area contributed by atoms with Crippen LogP contribution in [-0.4, -0.2) is 0 Å². The van der Waals surface area contributed by atoms with E-state index >= 15 is 0 Å². The Balaban J connectivity index is 1.52. The molecule has 7 aromatic rings. The van der Waals surface area contributed by atoms with E-state index in [1.165, 1.54) is 0 Å². The lowest BCUT2D eigenvalue weighted by Gasteiger charge is -2.33. The van der Waals surface area contributed by atoms with Crippen molar-refractivity contribution in [1.29, 1.82) is 0 Å². The third kappa shape index (κ3) is 6.06. The van der Waals surface area contributed by atoms with Gasteiger partial charge in [-0.2, -0.15) is 0 Å². The molecule has 0 radical (unpaired) electrons. The van der Waals surface area contributed by atoms with Crippen molar-refractivity contribution in [2.24, 2.45) is 0 Å². The van der Waals surface area contributed by atoms with Gasteiger partial charge in [-0.05, 0) is 91.0 Å². The molecular formula is C42H33N3. The zero-order valence-electron chi connectivity index (χ0n) is 24.9. The van der Waals surface area contributed by atoms with Gasteiger partial charge in [0, 0.05) is 34.1 Å². The molecule has 3 heteroatoms. The molecule has 3 nitrogen and oxygen atoms in total. The van der Waals surface area contributed by atoms with Crippen LogP contribution in [0, 0.1) is 0 Å². The highest BCUT2D eigenvalue weighted by Gasteiger charge is 2.21. The van der Waals surface area contributed by atoms with Gasteiger partial charge in [-0.15, -0.1) is 0 Å². The second-order valence-electron chi connectivity index (χ2n) is 10.7. The van der Waals surface area contributed by atoms with Crippen molar-refractivity contribution in [2.45, 2.75) is 0 Å². The Labute approximate surface area is 265 Å². The predicted molar refractivity (Wildman–Crippen MR) is 190 cm³/mol. The van der Waals surface area contributed by atoms with E-state index in [2.05, 4.69) is 215 Å². The van der Waals surface area contributed by atoms with E-state index in [4.69, 9.17) is 0 Å². The van der Waals surface area contributed by atoms with E-state index in [9.17, 15) is 0 Å². The van der Waals surface area contributed by atoms with Gasteiger partial charge in [-0.25, -0.2) is 0 Å². The van der Waals surface area contributed by atoms with E-state index in [-0.39, 0.29) is 0 Å². The molecule has 0 saturated heterocycles. The van der Waals surface area contributed by atoms with Gasteiger partial charge in [0.1, 0.15) is 0 Å². The minimum absolute atomic E-state index is 1.05. The summed E-state index contributed by atoms with van der Waals surface area (Å²) >= 11 is 0. The van der Waals surface area contributed by atoms with Crippen LogP contribution in [0.25, 0.3) is 0 Å². The van der Waals surface area contributed by atoms with E-state index in [0.717, 1.165) is 51.2 Å². The molecule has 0 atom stereocenters. The Kier molecular flexibility index (Phi) is 8.06. The van der Waals surface area contributed by atoms with Crippen LogP contribution in [0.3, 0.4) is 0 Å². The minimum atomic E-state index is 1.05. The standard InChI is InChI=1S/C42H33N3/c1-7-19-34(20-8-1)43(35-21-9-2-10-22-35)40-31-41(44(36-23-11-3-12-24-36)37-25-13-4-14-26-37)33-42(32-40)45(38-27-15-5-16-28-38)39-29-17-6-18-30-39/h1-33H. The van der Waals surface area contributed by atoms with Crippen molar-refractivity contribution in [3.05, 3.63) is 200 Å². The summed E-state index contributed by atoms with van der Waals surface area (Å²) in [5, 5.41) is 0. The number of benzene rings is 7. The highest BCUT2D eigenvalue weighted by atomic mass is 15.2. The largest absolute Gasteiger partial charge is 0.310 e. The van der Waals surface area contributed by atoms with Crippen molar-refractivity contribution < 1.29 is 0 Å². The number of rotatable bonds is 9. The first-order chi connectivity index (χ1) is 22.3. The van der Waals surface area contributed by atoms with Crippen molar-refractivity contribution >= 4 is 51.2 Å². The maximum Gasteiger partial charge on any atom is 0.0503 e. The van der Waals surface area contributed by atoms with E-state index in [1.54, 1.807) is 0 Å². The summed E-state index contributed by atoms with van der Waals surface area (Å²) in [6.07, 6.45) is 0. The molecule has 0 aromatic heterocycles. The molecule has 0 N–H and O–H groups in total. The monoisotopic (exact) mass is 579 g/mol. The fourth-order valence-electron chi connectivity index (χ4n) is 5.77. The van der Waals surface area contributed by atoms with Crippen molar-refractivity contribution in [2.75, 3.05) is 14.7 Å². The molecule has 0 fully saturated rings. The lowest BCUT2D eigenvalue weighted by Crippen LogP contribution is -2.16.